The first-order valence-electron chi connectivity index (χ1n) is 8.70. The number of carbonyl (C=O) groups excluding carboxylic acids is 3. The third-order valence-corrected chi connectivity index (χ3v) is 3.99. The minimum atomic E-state index is -0.727. The lowest BCUT2D eigenvalue weighted by Gasteiger charge is -2.26. The van der Waals surface area contributed by atoms with Gasteiger partial charge in [0.1, 0.15) is 11.3 Å². The lowest BCUT2D eigenvalue weighted by Crippen LogP contribution is -2.47. The van der Waals surface area contributed by atoms with Gasteiger partial charge in [0.2, 0.25) is 5.91 Å². The van der Waals surface area contributed by atoms with E-state index in [2.05, 4.69) is 15.7 Å². The number of nitrogens with one attached hydrogen (secondary N) is 1. The average Bonchev–Trinajstić information content (AvgIpc) is 3.12. The molecule has 0 spiro atoms. The Hall–Kier alpha value is -3.15. The highest BCUT2D eigenvalue weighted by Crippen LogP contribution is 2.24. The van der Waals surface area contributed by atoms with Gasteiger partial charge in [-0.25, -0.2) is 19.3 Å². The molecule has 1 aromatic heterocycles. The molecule has 1 aromatic rings. The summed E-state index contributed by atoms with van der Waals surface area (Å²) in [5.74, 6) is -0.431. The highest BCUT2D eigenvalue weighted by Gasteiger charge is 2.39. The molecule has 1 saturated heterocycles. The lowest BCUT2D eigenvalue weighted by atomic mass is 10.2. The first kappa shape index (κ1) is 19.6. The van der Waals surface area contributed by atoms with Crippen LogP contribution in [0.2, 0.25) is 0 Å². The number of hydrogen-bond acceptors (Lipinski definition) is 7. The van der Waals surface area contributed by atoms with E-state index >= 15 is 0 Å². The van der Waals surface area contributed by atoms with Crippen LogP contribution in [0, 0.1) is 0 Å². The third kappa shape index (κ3) is 4.22. The van der Waals surface area contributed by atoms with E-state index in [0.717, 1.165) is 5.01 Å². The Kier molecular flexibility index (Phi) is 4.98. The quantitative estimate of drug-likeness (QED) is 0.561. The molecule has 152 valence electrons. The largest absolute Gasteiger partial charge is 0.442 e. The Morgan fingerprint density at radius 1 is 1.43 bits per heavy atom. The molecule has 0 saturated carbocycles. The predicted octanol–water partition coefficient (Wildman–Crippen LogP) is 0.416. The fourth-order valence-corrected chi connectivity index (χ4v) is 2.87. The number of hydrazine groups is 1. The molecule has 2 aliphatic rings. The van der Waals surface area contributed by atoms with Crippen molar-refractivity contribution >= 4 is 23.7 Å². The van der Waals surface area contributed by atoms with E-state index in [1.165, 1.54) is 16.5 Å². The summed E-state index contributed by atoms with van der Waals surface area (Å²) in [5.41, 5.74) is 2.76. The van der Waals surface area contributed by atoms with Gasteiger partial charge in [-0.1, -0.05) is 5.21 Å². The van der Waals surface area contributed by atoms with Crippen molar-refractivity contribution in [2.75, 3.05) is 13.1 Å². The lowest BCUT2D eigenvalue weighted by molar-refractivity contribution is -0.124. The van der Waals surface area contributed by atoms with Gasteiger partial charge in [0.05, 0.1) is 31.0 Å². The molecule has 2 bridgehead atoms. The van der Waals surface area contributed by atoms with Gasteiger partial charge in [-0.2, -0.15) is 5.06 Å². The molecule has 0 aromatic carbocycles. The number of rotatable bonds is 3. The zero-order valence-electron chi connectivity index (χ0n) is 16.1. The van der Waals surface area contributed by atoms with Gasteiger partial charge < -0.3 is 9.64 Å². The predicted molar refractivity (Wildman–Crippen MR) is 94.3 cm³/mol. The monoisotopic (exact) mass is 393 g/mol. The van der Waals surface area contributed by atoms with Gasteiger partial charge in [-0.05, 0) is 26.8 Å². The Morgan fingerprint density at radius 3 is 2.75 bits per heavy atom. The molecule has 0 aliphatic carbocycles. The molecule has 1 unspecified atom stereocenters. The van der Waals surface area contributed by atoms with Crippen molar-refractivity contribution in [2.45, 2.75) is 45.9 Å². The Labute approximate surface area is 161 Å². The Morgan fingerprint density at radius 2 is 2.14 bits per heavy atom. The van der Waals surface area contributed by atoms with E-state index < -0.39 is 29.7 Å². The summed E-state index contributed by atoms with van der Waals surface area (Å²) in [6.45, 7) is 7.07. The number of amides is 4. The van der Waals surface area contributed by atoms with Gasteiger partial charge in [0.15, 0.2) is 0 Å². The van der Waals surface area contributed by atoms with Gasteiger partial charge in [-0.3, -0.25) is 15.4 Å². The molecule has 12 nitrogen and oxygen atoms in total. The minimum Gasteiger partial charge on any atom is -0.442 e. The van der Waals surface area contributed by atoms with Crippen LogP contribution >= 0.6 is 0 Å². The van der Waals surface area contributed by atoms with Crippen molar-refractivity contribution in [1.82, 2.24) is 35.4 Å². The van der Waals surface area contributed by atoms with Gasteiger partial charge >= 0.3 is 12.1 Å². The molecular weight excluding hydrogens is 370 g/mol. The number of hydrogen-bond donors (Lipinski definition) is 2. The highest BCUT2D eigenvalue weighted by molar-refractivity contribution is 5.80. The van der Waals surface area contributed by atoms with Crippen LogP contribution in [0.25, 0.3) is 5.70 Å². The van der Waals surface area contributed by atoms with Crippen molar-refractivity contribution in [2.24, 2.45) is 0 Å². The van der Waals surface area contributed by atoms with Gasteiger partial charge in [-0.15, -0.1) is 5.10 Å². The second-order valence-corrected chi connectivity index (χ2v) is 7.62. The van der Waals surface area contributed by atoms with Crippen molar-refractivity contribution in [3.05, 3.63) is 18.0 Å². The van der Waals surface area contributed by atoms with E-state index in [1.54, 1.807) is 33.0 Å². The van der Waals surface area contributed by atoms with E-state index in [4.69, 9.17) is 4.74 Å². The summed E-state index contributed by atoms with van der Waals surface area (Å²) in [5, 5.41) is 19.5. The first-order valence-corrected chi connectivity index (χ1v) is 8.70. The first-order chi connectivity index (χ1) is 13.0. The number of hydroxylamine groups is 2. The maximum Gasteiger partial charge on any atom is 0.429 e. The second-order valence-electron chi connectivity index (χ2n) is 7.62. The molecule has 2 N–H and O–H groups in total. The smallest absolute Gasteiger partial charge is 0.429 e. The standard InChI is InChI=1S/C16H23N7O5/c1-10(24)18-22(15(26)28-16(2,3)4)7-11-6-21(19-17-11)12-5-13-9-20(8-12)14(25)23(13)27/h5-6,13,27H,7-9H2,1-4H3,(H,18,24). The number of ether oxygens (including phenoxy) is 1. The fourth-order valence-electron chi connectivity index (χ4n) is 2.87. The van der Waals surface area contributed by atoms with E-state index in [-0.39, 0.29) is 13.1 Å². The zero-order chi connectivity index (χ0) is 20.6. The molecule has 3 heterocycles. The van der Waals surface area contributed by atoms with Crippen molar-refractivity contribution in [3.63, 3.8) is 0 Å². The Balaban J connectivity index is 1.73. The summed E-state index contributed by atoms with van der Waals surface area (Å²) < 4.78 is 6.76. The molecule has 4 amide bonds. The molecule has 12 heteroatoms. The number of fused-ring (bicyclic) bond motifs is 2. The van der Waals surface area contributed by atoms with Crippen LogP contribution in [-0.4, -0.2) is 77.9 Å². The third-order valence-electron chi connectivity index (χ3n) is 3.99. The summed E-state index contributed by atoms with van der Waals surface area (Å²) in [6, 6.07) is -0.903. The van der Waals surface area contributed by atoms with Crippen molar-refractivity contribution in [3.8, 4) is 0 Å². The van der Waals surface area contributed by atoms with Crippen LogP contribution in [0.5, 0.6) is 0 Å². The maximum absolute atomic E-state index is 12.3. The topological polar surface area (TPSA) is 133 Å². The number of urea groups is 1. The van der Waals surface area contributed by atoms with Gasteiger partial charge in [0, 0.05) is 13.5 Å². The molecule has 28 heavy (non-hydrogen) atoms. The summed E-state index contributed by atoms with van der Waals surface area (Å²) in [7, 11) is 0. The van der Waals surface area contributed by atoms with Crippen LogP contribution < -0.4 is 5.43 Å². The summed E-state index contributed by atoms with van der Waals surface area (Å²) in [4.78, 5) is 37.1. The van der Waals surface area contributed by atoms with Crippen molar-refractivity contribution in [1.29, 1.82) is 0 Å². The van der Waals surface area contributed by atoms with E-state index in [9.17, 15) is 19.6 Å². The normalized spacial score (nSPS) is 18.8. The molecule has 1 atom stereocenters. The molecule has 2 aliphatic heterocycles. The van der Waals surface area contributed by atoms with Crippen LogP contribution in [0.1, 0.15) is 33.4 Å². The average molecular weight is 393 g/mol. The van der Waals surface area contributed by atoms with Crippen LogP contribution in [0.3, 0.4) is 0 Å². The molecule has 0 radical (unpaired) electrons. The van der Waals surface area contributed by atoms with E-state index in [1.807, 2.05) is 0 Å². The Bertz CT molecular complexity index is 828. The molecule has 3 rings (SSSR count). The number of aromatic nitrogens is 3. The SMILES string of the molecule is CC(=O)NN(Cc1cn(C2=CC3CN(C2)C(=O)N3O)nn1)C(=O)OC(C)(C)C. The van der Waals surface area contributed by atoms with E-state index in [0.29, 0.717) is 23.0 Å². The van der Waals surface area contributed by atoms with Crippen molar-refractivity contribution < 1.29 is 24.3 Å². The molecule has 1 fully saturated rings. The molecular formula is C16H23N7O5. The minimum absolute atomic E-state index is 0.0556. The number of carbonyl (C=O) groups is 3. The summed E-state index contributed by atoms with van der Waals surface area (Å²) >= 11 is 0. The van der Waals surface area contributed by atoms with Crippen LogP contribution in [-0.2, 0) is 16.1 Å². The van der Waals surface area contributed by atoms with Gasteiger partial charge in [0.25, 0.3) is 0 Å². The second kappa shape index (κ2) is 7.11. The zero-order valence-corrected chi connectivity index (χ0v) is 16.1. The number of nitrogens with zero attached hydrogens (tertiary/aromatic N) is 6. The highest BCUT2D eigenvalue weighted by atomic mass is 16.6. The fraction of sp³-hybridized carbons (Fsp3) is 0.562. The van der Waals surface area contributed by atoms with Crippen LogP contribution in [0.4, 0.5) is 9.59 Å². The van der Waals surface area contributed by atoms with Crippen LogP contribution in [0.15, 0.2) is 12.3 Å². The maximum atomic E-state index is 12.3. The summed E-state index contributed by atoms with van der Waals surface area (Å²) in [6.07, 6.45) is 2.60.